The Morgan fingerprint density at radius 3 is 2.59 bits per heavy atom. The molecule has 0 bridgehead atoms. The number of nitrogens with zero attached hydrogens (tertiary/aromatic N) is 3. The third kappa shape index (κ3) is 4.81. The minimum atomic E-state index is -0.361. The minimum absolute atomic E-state index is 0.0663. The molecule has 0 radical (unpaired) electrons. The zero-order valence-corrected chi connectivity index (χ0v) is 17.2. The molecular weight excluding hydrogens is 390 g/mol. The molecule has 1 aromatic heterocycles. The van der Waals surface area contributed by atoms with Crippen LogP contribution in [0.25, 0.3) is 0 Å². The number of para-hydroxylation sites is 1. The summed E-state index contributed by atoms with van der Waals surface area (Å²) in [6, 6.07) is 12.9. The molecule has 3 aromatic rings. The number of carbonyl (C=O) groups is 2. The molecule has 2 N–H and O–H groups in total. The van der Waals surface area contributed by atoms with Gasteiger partial charge in [0.25, 0.3) is 5.91 Å². The third-order valence-corrected chi connectivity index (χ3v) is 5.00. The second-order valence-corrected chi connectivity index (χ2v) is 7.07. The lowest BCUT2D eigenvalue weighted by Crippen LogP contribution is -2.21. The highest BCUT2D eigenvalue weighted by molar-refractivity contribution is 6.31. The van der Waals surface area contributed by atoms with Crippen LogP contribution in [0.5, 0.6) is 0 Å². The molecule has 1 heterocycles. The Morgan fingerprint density at radius 1 is 1.10 bits per heavy atom. The SMILES string of the molecule is CCc1ccccc1NC(=O)c1nnn(CC(=O)Nc2ccc(C)c(Cl)c2)c1C. The number of anilines is 2. The fourth-order valence-electron chi connectivity index (χ4n) is 2.86. The van der Waals surface area contributed by atoms with E-state index in [-0.39, 0.29) is 24.1 Å². The van der Waals surface area contributed by atoms with E-state index >= 15 is 0 Å². The van der Waals surface area contributed by atoms with Crippen LogP contribution >= 0.6 is 11.6 Å². The zero-order valence-electron chi connectivity index (χ0n) is 16.5. The number of hydrogen-bond donors (Lipinski definition) is 2. The van der Waals surface area contributed by atoms with Crippen LogP contribution in [-0.4, -0.2) is 26.8 Å². The molecule has 150 valence electrons. The van der Waals surface area contributed by atoms with Gasteiger partial charge >= 0.3 is 0 Å². The highest BCUT2D eigenvalue weighted by Crippen LogP contribution is 2.20. The van der Waals surface area contributed by atoms with Crippen LogP contribution in [0, 0.1) is 13.8 Å². The summed E-state index contributed by atoms with van der Waals surface area (Å²) >= 11 is 6.09. The Balaban J connectivity index is 1.69. The summed E-state index contributed by atoms with van der Waals surface area (Å²) in [5.41, 5.74) is 3.98. The van der Waals surface area contributed by atoms with E-state index in [9.17, 15) is 9.59 Å². The molecule has 0 aliphatic rings. The molecule has 0 unspecified atom stereocenters. The van der Waals surface area contributed by atoms with Crippen LogP contribution in [0.15, 0.2) is 42.5 Å². The number of hydrogen-bond acceptors (Lipinski definition) is 4. The number of amides is 2. The van der Waals surface area contributed by atoms with Gasteiger partial charge in [-0.3, -0.25) is 9.59 Å². The van der Waals surface area contributed by atoms with Gasteiger partial charge in [0.1, 0.15) is 6.54 Å². The van der Waals surface area contributed by atoms with Gasteiger partial charge in [0.05, 0.1) is 5.69 Å². The van der Waals surface area contributed by atoms with Crippen molar-refractivity contribution in [3.8, 4) is 0 Å². The van der Waals surface area contributed by atoms with Gasteiger partial charge in [0.2, 0.25) is 5.91 Å². The fourth-order valence-corrected chi connectivity index (χ4v) is 3.04. The lowest BCUT2D eigenvalue weighted by molar-refractivity contribution is -0.117. The van der Waals surface area contributed by atoms with Crippen molar-refractivity contribution in [2.75, 3.05) is 10.6 Å². The first-order chi connectivity index (χ1) is 13.9. The highest BCUT2D eigenvalue weighted by atomic mass is 35.5. The van der Waals surface area contributed by atoms with E-state index in [2.05, 4.69) is 20.9 Å². The summed E-state index contributed by atoms with van der Waals surface area (Å²) in [6.07, 6.45) is 0.797. The summed E-state index contributed by atoms with van der Waals surface area (Å²) in [6.45, 7) is 5.55. The number of benzene rings is 2. The van der Waals surface area contributed by atoms with Crippen molar-refractivity contribution >= 4 is 34.8 Å². The van der Waals surface area contributed by atoms with Gasteiger partial charge in [-0.25, -0.2) is 4.68 Å². The van der Waals surface area contributed by atoms with Crippen molar-refractivity contribution in [1.82, 2.24) is 15.0 Å². The Morgan fingerprint density at radius 2 is 1.86 bits per heavy atom. The molecule has 0 aliphatic heterocycles. The molecule has 0 atom stereocenters. The Kier molecular flexibility index (Phi) is 6.29. The van der Waals surface area contributed by atoms with Gasteiger partial charge in [-0.15, -0.1) is 5.10 Å². The van der Waals surface area contributed by atoms with E-state index in [1.54, 1.807) is 19.1 Å². The van der Waals surface area contributed by atoms with Crippen molar-refractivity contribution in [3.05, 3.63) is 70.0 Å². The highest BCUT2D eigenvalue weighted by Gasteiger charge is 2.19. The number of aryl methyl sites for hydroxylation is 2. The normalized spacial score (nSPS) is 10.6. The largest absolute Gasteiger partial charge is 0.324 e. The monoisotopic (exact) mass is 411 g/mol. The van der Waals surface area contributed by atoms with Gasteiger partial charge in [-0.2, -0.15) is 0 Å². The average molecular weight is 412 g/mol. The van der Waals surface area contributed by atoms with Crippen LogP contribution in [0.3, 0.4) is 0 Å². The summed E-state index contributed by atoms with van der Waals surface area (Å²) in [5, 5.41) is 14.1. The van der Waals surface area contributed by atoms with Gasteiger partial charge in [0, 0.05) is 16.4 Å². The Hall–Kier alpha value is -3.19. The first kappa shape index (κ1) is 20.5. The molecule has 7 nitrogen and oxygen atoms in total. The number of nitrogens with one attached hydrogen (secondary N) is 2. The van der Waals surface area contributed by atoms with E-state index in [1.165, 1.54) is 4.68 Å². The van der Waals surface area contributed by atoms with Crippen LogP contribution in [0.4, 0.5) is 11.4 Å². The minimum Gasteiger partial charge on any atom is -0.324 e. The molecule has 0 fully saturated rings. The molecular formula is C21H22ClN5O2. The topological polar surface area (TPSA) is 88.9 Å². The lowest BCUT2D eigenvalue weighted by Gasteiger charge is -2.09. The summed E-state index contributed by atoms with van der Waals surface area (Å²) in [7, 11) is 0. The van der Waals surface area contributed by atoms with Crippen molar-refractivity contribution in [2.24, 2.45) is 0 Å². The van der Waals surface area contributed by atoms with Crippen LogP contribution in [0.2, 0.25) is 5.02 Å². The van der Waals surface area contributed by atoms with E-state index in [0.717, 1.165) is 23.2 Å². The number of rotatable bonds is 6. The van der Waals surface area contributed by atoms with Gasteiger partial charge < -0.3 is 10.6 Å². The van der Waals surface area contributed by atoms with Gasteiger partial charge in [-0.1, -0.05) is 48.0 Å². The maximum Gasteiger partial charge on any atom is 0.278 e. The van der Waals surface area contributed by atoms with Crippen LogP contribution in [0.1, 0.15) is 34.2 Å². The van der Waals surface area contributed by atoms with Gasteiger partial charge in [-0.05, 0) is 49.6 Å². The molecule has 8 heteroatoms. The molecule has 2 aromatic carbocycles. The third-order valence-electron chi connectivity index (χ3n) is 4.59. The zero-order chi connectivity index (χ0) is 21.0. The summed E-state index contributed by atoms with van der Waals surface area (Å²) in [4.78, 5) is 25.0. The Bertz CT molecular complexity index is 1060. The number of halogens is 1. The summed E-state index contributed by atoms with van der Waals surface area (Å²) in [5.74, 6) is -0.651. The first-order valence-electron chi connectivity index (χ1n) is 9.24. The maximum atomic E-state index is 12.6. The average Bonchev–Trinajstić information content (AvgIpc) is 3.05. The number of aromatic nitrogens is 3. The molecule has 0 aliphatic carbocycles. The summed E-state index contributed by atoms with van der Waals surface area (Å²) < 4.78 is 1.39. The predicted molar refractivity (Wildman–Crippen MR) is 113 cm³/mol. The second kappa shape index (κ2) is 8.87. The second-order valence-electron chi connectivity index (χ2n) is 6.66. The Labute approximate surface area is 174 Å². The standard InChI is InChI=1S/C21H22ClN5O2/c1-4-15-7-5-6-8-18(15)24-21(29)20-14(3)27(26-25-20)12-19(28)23-16-10-9-13(2)17(22)11-16/h5-11H,4,12H2,1-3H3,(H,23,28)(H,24,29). The molecule has 0 spiro atoms. The van der Waals surface area contributed by atoms with E-state index in [1.807, 2.05) is 44.2 Å². The van der Waals surface area contributed by atoms with Crippen LogP contribution in [-0.2, 0) is 17.8 Å². The van der Waals surface area contributed by atoms with Crippen molar-refractivity contribution in [2.45, 2.75) is 33.7 Å². The van der Waals surface area contributed by atoms with Crippen molar-refractivity contribution in [1.29, 1.82) is 0 Å². The molecule has 0 saturated carbocycles. The fraction of sp³-hybridized carbons (Fsp3) is 0.238. The quantitative estimate of drug-likeness (QED) is 0.641. The molecule has 2 amide bonds. The maximum absolute atomic E-state index is 12.6. The first-order valence-corrected chi connectivity index (χ1v) is 9.62. The van der Waals surface area contributed by atoms with E-state index in [0.29, 0.717) is 16.4 Å². The van der Waals surface area contributed by atoms with Gasteiger partial charge in [0.15, 0.2) is 5.69 Å². The van der Waals surface area contributed by atoms with Crippen molar-refractivity contribution < 1.29 is 9.59 Å². The molecule has 0 saturated heterocycles. The van der Waals surface area contributed by atoms with Crippen LogP contribution < -0.4 is 10.6 Å². The van der Waals surface area contributed by atoms with Crippen molar-refractivity contribution in [3.63, 3.8) is 0 Å². The molecule has 3 rings (SSSR count). The van der Waals surface area contributed by atoms with E-state index in [4.69, 9.17) is 11.6 Å². The van der Waals surface area contributed by atoms with E-state index < -0.39 is 0 Å². The predicted octanol–water partition coefficient (Wildman–Crippen LogP) is 4.00. The molecule has 29 heavy (non-hydrogen) atoms. The smallest absolute Gasteiger partial charge is 0.278 e. The number of carbonyl (C=O) groups excluding carboxylic acids is 2. The lowest BCUT2D eigenvalue weighted by atomic mass is 10.1.